The number of aromatic nitrogens is 1. The first kappa shape index (κ1) is 13.5. The largest absolute Gasteiger partial charge is 0.369 e. The quantitative estimate of drug-likeness (QED) is 0.704. The SMILES string of the molecule is Fc1cccc2c(NCC3Cc4ccccc43)nc(Cl)cc12. The van der Waals surface area contributed by atoms with Crippen molar-refractivity contribution < 1.29 is 4.39 Å². The van der Waals surface area contributed by atoms with E-state index in [9.17, 15) is 4.39 Å². The molecule has 0 amide bonds. The molecule has 4 rings (SSSR count). The fourth-order valence-electron chi connectivity index (χ4n) is 3.11. The van der Waals surface area contributed by atoms with Gasteiger partial charge in [0.15, 0.2) is 0 Å². The van der Waals surface area contributed by atoms with Crippen LogP contribution in [-0.4, -0.2) is 11.5 Å². The molecule has 0 bridgehead atoms. The van der Waals surface area contributed by atoms with Gasteiger partial charge in [-0.05, 0) is 29.7 Å². The van der Waals surface area contributed by atoms with Crippen molar-refractivity contribution in [1.82, 2.24) is 4.98 Å². The van der Waals surface area contributed by atoms with Crippen LogP contribution in [0.1, 0.15) is 17.0 Å². The number of nitrogens with one attached hydrogen (secondary N) is 1. The lowest BCUT2D eigenvalue weighted by molar-refractivity contribution is 0.634. The standard InChI is InChI=1S/C18H14ClFN2/c19-17-9-15-14(6-3-7-16(15)20)18(22-17)21-10-12-8-11-4-1-2-5-13(11)12/h1-7,9,12H,8,10H2,(H,21,22). The van der Waals surface area contributed by atoms with Crippen molar-refractivity contribution in [2.24, 2.45) is 0 Å². The fraction of sp³-hybridized carbons (Fsp3) is 0.167. The zero-order chi connectivity index (χ0) is 15.1. The van der Waals surface area contributed by atoms with Crippen LogP contribution in [0.2, 0.25) is 5.15 Å². The zero-order valence-electron chi connectivity index (χ0n) is 11.8. The van der Waals surface area contributed by atoms with E-state index >= 15 is 0 Å². The molecule has 22 heavy (non-hydrogen) atoms. The predicted octanol–water partition coefficient (Wildman–Crippen LogP) is 4.78. The summed E-state index contributed by atoms with van der Waals surface area (Å²) in [5.41, 5.74) is 2.79. The summed E-state index contributed by atoms with van der Waals surface area (Å²) in [6.07, 6.45) is 1.07. The third-order valence-corrected chi connectivity index (χ3v) is 4.46. The molecule has 1 unspecified atom stereocenters. The van der Waals surface area contributed by atoms with Gasteiger partial charge in [-0.3, -0.25) is 0 Å². The van der Waals surface area contributed by atoms with Crippen LogP contribution in [0.3, 0.4) is 0 Å². The third kappa shape index (κ3) is 2.22. The number of pyridine rings is 1. The highest BCUT2D eigenvalue weighted by molar-refractivity contribution is 6.30. The smallest absolute Gasteiger partial charge is 0.135 e. The lowest BCUT2D eigenvalue weighted by atomic mass is 9.77. The van der Waals surface area contributed by atoms with Gasteiger partial charge in [-0.1, -0.05) is 48.0 Å². The first-order valence-corrected chi connectivity index (χ1v) is 7.66. The van der Waals surface area contributed by atoms with E-state index in [1.165, 1.54) is 17.2 Å². The van der Waals surface area contributed by atoms with E-state index in [2.05, 4.69) is 34.6 Å². The van der Waals surface area contributed by atoms with E-state index in [0.717, 1.165) is 18.4 Å². The van der Waals surface area contributed by atoms with Crippen molar-refractivity contribution in [3.8, 4) is 0 Å². The lowest BCUT2D eigenvalue weighted by Crippen LogP contribution is -2.24. The van der Waals surface area contributed by atoms with Crippen LogP contribution in [0, 0.1) is 5.82 Å². The van der Waals surface area contributed by atoms with Gasteiger partial charge in [-0.15, -0.1) is 0 Å². The summed E-state index contributed by atoms with van der Waals surface area (Å²) in [5.74, 6) is 0.839. The van der Waals surface area contributed by atoms with E-state index < -0.39 is 0 Å². The van der Waals surface area contributed by atoms with Gasteiger partial charge in [0.25, 0.3) is 0 Å². The van der Waals surface area contributed by atoms with Crippen molar-refractivity contribution in [3.63, 3.8) is 0 Å². The molecule has 4 heteroatoms. The summed E-state index contributed by atoms with van der Waals surface area (Å²) >= 11 is 6.02. The molecule has 2 aromatic carbocycles. The van der Waals surface area contributed by atoms with Gasteiger partial charge in [0.05, 0.1) is 0 Å². The summed E-state index contributed by atoms with van der Waals surface area (Å²) in [6, 6.07) is 15.0. The second-order valence-electron chi connectivity index (χ2n) is 5.61. The summed E-state index contributed by atoms with van der Waals surface area (Å²) in [5, 5.41) is 4.90. The summed E-state index contributed by atoms with van der Waals surface area (Å²) in [6.45, 7) is 0.774. The Morgan fingerprint density at radius 2 is 2.00 bits per heavy atom. The second-order valence-corrected chi connectivity index (χ2v) is 6.00. The van der Waals surface area contributed by atoms with Gasteiger partial charge >= 0.3 is 0 Å². The Bertz CT molecular complexity index is 863. The van der Waals surface area contributed by atoms with Crippen molar-refractivity contribution in [1.29, 1.82) is 0 Å². The lowest BCUT2D eigenvalue weighted by Gasteiger charge is -2.30. The topological polar surface area (TPSA) is 24.9 Å². The molecule has 0 radical (unpaired) electrons. The highest BCUT2D eigenvalue weighted by Crippen LogP contribution is 2.35. The molecule has 0 aliphatic heterocycles. The number of rotatable bonds is 3. The van der Waals surface area contributed by atoms with Gasteiger partial charge in [0.1, 0.15) is 16.8 Å². The number of hydrogen-bond donors (Lipinski definition) is 1. The maximum atomic E-state index is 13.9. The Labute approximate surface area is 132 Å². The molecule has 3 aromatic rings. The van der Waals surface area contributed by atoms with E-state index in [0.29, 0.717) is 22.3 Å². The number of nitrogens with zero attached hydrogens (tertiary/aromatic N) is 1. The van der Waals surface area contributed by atoms with Crippen LogP contribution in [0.4, 0.5) is 10.2 Å². The number of halogens is 2. The van der Waals surface area contributed by atoms with Gasteiger partial charge in [-0.2, -0.15) is 0 Å². The number of benzene rings is 2. The summed E-state index contributed by atoms with van der Waals surface area (Å²) in [4.78, 5) is 4.32. The molecule has 1 N–H and O–H groups in total. The molecule has 110 valence electrons. The van der Waals surface area contributed by atoms with Crippen molar-refractivity contribution in [2.45, 2.75) is 12.3 Å². The molecule has 1 aliphatic rings. The van der Waals surface area contributed by atoms with Gasteiger partial charge < -0.3 is 5.32 Å². The Morgan fingerprint density at radius 3 is 2.86 bits per heavy atom. The number of anilines is 1. The Kier molecular flexibility index (Phi) is 3.23. The first-order valence-electron chi connectivity index (χ1n) is 7.29. The first-order chi connectivity index (χ1) is 10.7. The van der Waals surface area contributed by atoms with E-state index in [1.54, 1.807) is 12.1 Å². The minimum Gasteiger partial charge on any atom is -0.369 e. The maximum absolute atomic E-state index is 13.9. The fourth-order valence-corrected chi connectivity index (χ4v) is 3.30. The molecule has 1 aromatic heterocycles. The Hall–Kier alpha value is -2.13. The highest BCUT2D eigenvalue weighted by atomic mass is 35.5. The van der Waals surface area contributed by atoms with Crippen LogP contribution in [0.15, 0.2) is 48.5 Å². The number of fused-ring (bicyclic) bond motifs is 2. The van der Waals surface area contributed by atoms with Crippen LogP contribution >= 0.6 is 11.6 Å². The van der Waals surface area contributed by atoms with E-state index in [1.807, 2.05) is 6.07 Å². The molecule has 0 fully saturated rings. The van der Waals surface area contributed by atoms with Gasteiger partial charge in [-0.25, -0.2) is 9.37 Å². The Balaban J connectivity index is 1.62. The van der Waals surface area contributed by atoms with Crippen LogP contribution < -0.4 is 5.32 Å². The van der Waals surface area contributed by atoms with Crippen LogP contribution in [0.25, 0.3) is 10.8 Å². The van der Waals surface area contributed by atoms with Crippen molar-refractivity contribution >= 4 is 28.2 Å². The molecule has 0 saturated heterocycles. The van der Waals surface area contributed by atoms with Crippen LogP contribution in [-0.2, 0) is 6.42 Å². The highest BCUT2D eigenvalue weighted by Gasteiger charge is 2.25. The molecule has 0 spiro atoms. The van der Waals surface area contributed by atoms with Crippen molar-refractivity contribution in [3.05, 3.63) is 70.6 Å². The molecular weight excluding hydrogens is 299 g/mol. The van der Waals surface area contributed by atoms with Gasteiger partial charge in [0.2, 0.25) is 0 Å². The summed E-state index contributed by atoms with van der Waals surface area (Å²) < 4.78 is 13.9. The predicted molar refractivity (Wildman–Crippen MR) is 88.1 cm³/mol. The number of hydrogen-bond acceptors (Lipinski definition) is 2. The van der Waals surface area contributed by atoms with E-state index in [-0.39, 0.29) is 5.82 Å². The minimum atomic E-state index is -0.279. The molecule has 2 nitrogen and oxygen atoms in total. The molecule has 1 aliphatic carbocycles. The van der Waals surface area contributed by atoms with Crippen molar-refractivity contribution in [2.75, 3.05) is 11.9 Å². The monoisotopic (exact) mass is 312 g/mol. The average Bonchev–Trinajstić information content (AvgIpc) is 2.49. The van der Waals surface area contributed by atoms with E-state index in [4.69, 9.17) is 11.6 Å². The molecule has 0 saturated carbocycles. The van der Waals surface area contributed by atoms with Gasteiger partial charge in [0, 0.05) is 23.2 Å². The Morgan fingerprint density at radius 1 is 1.14 bits per heavy atom. The summed E-state index contributed by atoms with van der Waals surface area (Å²) in [7, 11) is 0. The third-order valence-electron chi connectivity index (χ3n) is 4.27. The zero-order valence-corrected chi connectivity index (χ0v) is 12.6. The normalized spacial score (nSPS) is 16.2. The molecule has 1 atom stereocenters. The minimum absolute atomic E-state index is 0.279. The molecular formula is C18H14ClFN2. The average molecular weight is 313 g/mol. The second kappa shape index (κ2) is 5.25. The maximum Gasteiger partial charge on any atom is 0.135 e. The van der Waals surface area contributed by atoms with Crippen LogP contribution in [0.5, 0.6) is 0 Å². The molecule has 1 heterocycles.